The lowest BCUT2D eigenvalue weighted by Crippen LogP contribution is -2.43. The summed E-state index contributed by atoms with van der Waals surface area (Å²) in [5.41, 5.74) is 3.99. The number of aliphatic hydroxyl groups is 1. The van der Waals surface area contributed by atoms with Crippen molar-refractivity contribution in [3.63, 3.8) is 0 Å². The maximum Gasteiger partial charge on any atom is 0.227 e. The second-order valence-corrected chi connectivity index (χ2v) is 8.39. The Labute approximate surface area is 181 Å². The van der Waals surface area contributed by atoms with Gasteiger partial charge in [-0.05, 0) is 41.2 Å². The number of aromatic amines is 1. The molecule has 156 valence electrons. The number of aryl methyl sites for hydroxylation is 1. The van der Waals surface area contributed by atoms with E-state index >= 15 is 0 Å². The fraction of sp³-hybridized carbons (Fsp3) is 0.231. The van der Waals surface area contributed by atoms with Crippen molar-refractivity contribution in [1.82, 2.24) is 15.1 Å². The topological polar surface area (TPSA) is 69.2 Å². The number of carbonyl (C=O) groups is 1. The average molecular weight is 412 g/mol. The number of hydrogen-bond acceptors (Lipinski definition) is 3. The van der Waals surface area contributed by atoms with Crippen LogP contribution >= 0.6 is 0 Å². The Hall–Kier alpha value is -3.44. The van der Waals surface area contributed by atoms with Gasteiger partial charge in [-0.2, -0.15) is 5.10 Å². The second kappa shape index (κ2) is 8.00. The minimum Gasteiger partial charge on any atom is -0.383 e. The smallest absolute Gasteiger partial charge is 0.227 e. The second-order valence-electron chi connectivity index (χ2n) is 8.39. The lowest BCUT2D eigenvalue weighted by molar-refractivity contribution is -0.135. The molecular weight excluding hydrogens is 386 g/mol. The van der Waals surface area contributed by atoms with Crippen molar-refractivity contribution in [1.29, 1.82) is 0 Å². The molecule has 0 fully saturated rings. The summed E-state index contributed by atoms with van der Waals surface area (Å²) in [5, 5.41) is 19.6. The largest absolute Gasteiger partial charge is 0.383 e. The molecule has 4 aromatic rings. The highest BCUT2D eigenvalue weighted by molar-refractivity contribution is 5.83. The van der Waals surface area contributed by atoms with Crippen molar-refractivity contribution in [3.05, 3.63) is 101 Å². The predicted molar refractivity (Wildman–Crippen MR) is 120 cm³/mol. The molecule has 1 aliphatic carbocycles. The van der Waals surface area contributed by atoms with E-state index in [-0.39, 0.29) is 18.9 Å². The molecule has 1 atom stereocenters. The number of rotatable bonds is 6. The first kappa shape index (κ1) is 19.5. The predicted octanol–water partition coefficient (Wildman–Crippen LogP) is 3.97. The zero-order chi connectivity index (χ0) is 21.3. The van der Waals surface area contributed by atoms with Crippen molar-refractivity contribution in [2.45, 2.75) is 31.4 Å². The summed E-state index contributed by atoms with van der Waals surface area (Å²) in [5.74, 6) is 0.000486. The first-order chi connectivity index (χ1) is 15.1. The van der Waals surface area contributed by atoms with Crippen LogP contribution in [0.3, 0.4) is 0 Å². The van der Waals surface area contributed by atoms with Crippen LogP contribution in [0.1, 0.15) is 28.7 Å². The number of amides is 1. The maximum absolute atomic E-state index is 13.4. The number of benzene rings is 3. The third kappa shape index (κ3) is 3.97. The van der Waals surface area contributed by atoms with E-state index in [4.69, 9.17) is 0 Å². The van der Waals surface area contributed by atoms with Gasteiger partial charge >= 0.3 is 0 Å². The Morgan fingerprint density at radius 1 is 1.03 bits per heavy atom. The summed E-state index contributed by atoms with van der Waals surface area (Å²) >= 11 is 0. The third-order valence-electron chi connectivity index (χ3n) is 6.21. The SMILES string of the molecule is O=C(Cc1ccc2cn[nH]c2c1)N(Cc1ccccc1)CC1(O)CCc2ccccc21. The van der Waals surface area contributed by atoms with Gasteiger partial charge in [0.1, 0.15) is 5.60 Å². The number of nitrogens with zero attached hydrogens (tertiary/aromatic N) is 2. The highest BCUT2D eigenvalue weighted by Crippen LogP contribution is 2.37. The molecule has 31 heavy (non-hydrogen) atoms. The Kier molecular flexibility index (Phi) is 5.04. The molecule has 0 saturated heterocycles. The van der Waals surface area contributed by atoms with E-state index in [1.165, 1.54) is 5.56 Å². The van der Waals surface area contributed by atoms with Gasteiger partial charge in [0.15, 0.2) is 0 Å². The van der Waals surface area contributed by atoms with Crippen LogP contribution < -0.4 is 0 Å². The fourth-order valence-corrected chi connectivity index (χ4v) is 4.57. The van der Waals surface area contributed by atoms with Crippen LogP contribution in [0, 0.1) is 0 Å². The van der Waals surface area contributed by atoms with E-state index in [1.807, 2.05) is 66.7 Å². The van der Waals surface area contributed by atoms with Gasteiger partial charge in [0.05, 0.1) is 24.7 Å². The average Bonchev–Trinajstić information content (AvgIpc) is 3.39. The molecule has 0 spiro atoms. The fourth-order valence-electron chi connectivity index (χ4n) is 4.57. The minimum atomic E-state index is -1.02. The molecule has 5 nitrogen and oxygen atoms in total. The van der Waals surface area contributed by atoms with Crippen LogP contribution in [0.15, 0.2) is 79.0 Å². The van der Waals surface area contributed by atoms with Crippen molar-refractivity contribution >= 4 is 16.8 Å². The van der Waals surface area contributed by atoms with Gasteiger partial charge in [-0.1, -0.05) is 66.7 Å². The Morgan fingerprint density at radius 2 is 1.84 bits per heavy atom. The Bertz CT molecular complexity index is 1220. The van der Waals surface area contributed by atoms with Gasteiger partial charge in [-0.15, -0.1) is 0 Å². The molecule has 5 rings (SSSR count). The quantitative estimate of drug-likeness (QED) is 0.504. The highest BCUT2D eigenvalue weighted by atomic mass is 16.3. The molecule has 1 aromatic heterocycles. The monoisotopic (exact) mass is 411 g/mol. The zero-order valence-corrected chi connectivity index (χ0v) is 17.3. The van der Waals surface area contributed by atoms with Gasteiger partial charge < -0.3 is 10.0 Å². The van der Waals surface area contributed by atoms with Gasteiger partial charge in [0, 0.05) is 11.9 Å². The van der Waals surface area contributed by atoms with Crippen LogP contribution in [0.2, 0.25) is 0 Å². The van der Waals surface area contributed by atoms with Crippen LogP contribution in [0.4, 0.5) is 0 Å². The lowest BCUT2D eigenvalue weighted by atomic mass is 9.94. The number of hydrogen-bond donors (Lipinski definition) is 2. The molecule has 0 radical (unpaired) electrons. The number of aromatic nitrogens is 2. The molecule has 0 bridgehead atoms. The van der Waals surface area contributed by atoms with E-state index in [0.29, 0.717) is 13.0 Å². The summed E-state index contributed by atoms with van der Waals surface area (Å²) in [4.78, 5) is 15.2. The third-order valence-corrected chi connectivity index (χ3v) is 6.21. The van der Waals surface area contributed by atoms with Crippen LogP contribution in [0.25, 0.3) is 10.9 Å². The van der Waals surface area contributed by atoms with E-state index in [1.54, 1.807) is 11.1 Å². The van der Waals surface area contributed by atoms with Crippen LogP contribution in [-0.4, -0.2) is 32.7 Å². The van der Waals surface area contributed by atoms with E-state index < -0.39 is 5.60 Å². The highest BCUT2D eigenvalue weighted by Gasteiger charge is 2.39. The van der Waals surface area contributed by atoms with E-state index in [0.717, 1.165) is 34.0 Å². The first-order valence-corrected chi connectivity index (χ1v) is 10.7. The zero-order valence-electron chi connectivity index (χ0n) is 17.3. The molecule has 2 N–H and O–H groups in total. The molecule has 0 saturated carbocycles. The molecule has 0 aliphatic heterocycles. The molecule has 1 heterocycles. The molecule has 1 amide bonds. The minimum absolute atomic E-state index is 0.000486. The number of fused-ring (bicyclic) bond motifs is 2. The van der Waals surface area contributed by atoms with Crippen molar-refractivity contribution in [2.24, 2.45) is 0 Å². The van der Waals surface area contributed by atoms with Crippen LogP contribution in [-0.2, 0) is 29.8 Å². The molecule has 1 aliphatic rings. The van der Waals surface area contributed by atoms with Crippen molar-refractivity contribution in [2.75, 3.05) is 6.54 Å². The van der Waals surface area contributed by atoms with Gasteiger partial charge in [0.2, 0.25) is 5.91 Å². The summed E-state index contributed by atoms with van der Waals surface area (Å²) in [7, 11) is 0. The van der Waals surface area contributed by atoms with Crippen molar-refractivity contribution < 1.29 is 9.90 Å². The Morgan fingerprint density at radius 3 is 2.71 bits per heavy atom. The maximum atomic E-state index is 13.4. The summed E-state index contributed by atoms with van der Waals surface area (Å²) < 4.78 is 0. The number of nitrogens with one attached hydrogen (secondary N) is 1. The standard InChI is InChI=1S/C26H25N3O2/c30-25(15-20-10-11-22-16-27-28-24(22)14-20)29(17-19-6-2-1-3-7-19)18-26(31)13-12-21-8-4-5-9-23(21)26/h1-11,14,16,31H,12-13,15,17-18H2,(H,27,28). The van der Waals surface area contributed by atoms with Gasteiger partial charge in [-0.3, -0.25) is 9.89 Å². The first-order valence-electron chi connectivity index (χ1n) is 10.7. The number of carbonyl (C=O) groups excluding carboxylic acids is 1. The molecule has 5 heteroatoms. The van der Waals surface area contributed by atoms with E-state index in [9.17, 15) is 9.90 Å². The lowest BCUT2D eigenvalue weighted by Gasteiger charge is -2.32. The van der Waals surface area contributed by atoms with Gasteiger partial charge in [0.25, 0.3) is 0 Å². The summed E-state index contributed by atoms with van der Waals surface area (Å²) in [6, 6.07) is 23.9. The normalized spacial score (nSPS) is 17.6. The van der Waals surface area contributed by atoms with Crippen molar-refractivity contribution in [3.8, 4) is 0 Å². The number of H-pyrrole nitrogens is 1. The molecule has 3 aromatic carbocycles. The molecule has 1 unspecified atom stereocenters. The summed E-state index contributed by atoms with van der Waals surface area (Å²) in [6.45, 7) is 0.750. The Balaban J connectivity index is 1.41. The van der Waals surface area contributed by atoms with E-state index in [2.05, 4.69) is 16.3 Å². The molecular formula is C26H25N3O2. The van der Waals surface area contributed by atoms with Crippen LogP contribution in [0.5, 0.6) is 0 Å². The van der Waals surface area contributed by atoms with Gasteiger partial charge in [-0.25, -0.2) is 0 Å². The summed E-state index contributed by atoms with van der Waals surface area (Å²) in [6.07, 6.45) is 3.51.